The van der Waals surface area contributed by atoms with Gasteiger partial charge >= 0.3 is 5.97 Å². The smallest absolute Gasteiger partial charge is 0.317 e. The van der Waals surface area contributed by atoms with Crippen molar-refractivity contribution in [2.45, 2.75) is 32.8 Å². The first-order valence-electron chi connectivity index (χ1n) is 11.2. The van der Waals surface area contributed by atoms with Gasteiger partial charge in [-0.1, -0.05) is 0 Å². The summed E-state index contributed by atoms with van der Waals surface area (Å²) in [6.07, 6.45) is 3.23. The number of nitrogens with zero attached hydrogens (tertiary/aromatic N) is 4. The quantitative estimate of drug-likeness (QED) is 0.595. The number of aromatic amines is 1. The number of aliphatic carboxylic acids is 1. The molecule has 0 saturated carbocycles. The summed E-state index contributed by atoms with van der Waals surface area (Å²) in [6, 6.07) is 9.63. The Morgan fingerprint density at radius 3 is 2.79 bits per heavy atom. The molecule has 1 amide bonds. The van der Waals surface area contributed by atoms with Gasteiger partial charge in [0.05, 0.1) is 23.6 Å². The molecule has 2 fully saturated rings. The molecule has 33 heavy (non-hydrogen) atoms. The van der Waals surface area contributed by atoms with Crippen LogP contribution >= 0.6 is 0 Å². The Morgan fingerprint density at radius 2 is 2.06 bits per heavy atom. The van der Waals surface area contributed by atoms with Gasteiger partial charge in [0.2, 0.25) is 11.8 Å². The van der Waals surface area contributed by atoms with Crippen LogP contribution in [0.5, 0.6) is 5.88 Å². The number of carbonyl (C=O) groups is 2. The van der Waals surface area contributed by atoms with Gasteiger partial charge in [-0.3, -0.25) is 19.6 Å². The lowest BCUT2D eigenvalue weighted by atomic mass is 9.85. The first-order valence-corrected chi connectivity index (χ1v) is 11.2. The zero-order valence-electron chi connectivity index (χ0n) is 18.7. The summed E-state index contributed by atoms with van der Waals surface area (Å²) in [5, 5.41) is 17.6. The van der Waals surface area contributed by atoms with Crippen molar-refractivity contribution in [2.24, 2.45) is 5.41 Å². The number of fused-ring (bicyclic) bond motifs is 1. The number of carboxylic acid groups (broad SMARTS) is 1. The average molecular weight is 450 g/mol. The van der Waals surface area contributed by atoms with Crippen LogP contribution < -0.4 is 9.64 Å². The average Bonchev–Trinajstić information content (AvgIpc) is 3.46. The second-order valence-electron chi connectivity index (χ2n) is 9.20. The van der Waals surface area contributed by atoms with E-state index >= 15 is 0 Å². The van der Waals surface area contributed by atoms with Gasteiger partial charge in [-0.15, -0.1) is 0 Å². The van der Waals surface area contributed by atoms with E-state index in [-0.39, 0.29) is 18.6 Å². The minimum Gasteiger partial charge on any atom is -0.480 e. The van der Waals surface area contributed by atoms with E-state index in [4.69, 9.17) is 9.84 Å². The highest BCUT2D eigenvalue weighted by Crippen LogP contribution is 2.43. The standard InChI is InChI=1S/C24H27N5O4/c1-15(2)33-20-6-3-16(12-25-20)22-18-11-17(4-5-19(18)26-27-22)29-10-8-24(23(29)32)7-9-28(14-24)13-21(30)31/h3-6,11-12,15H,7-10,13-14H2,1-2H3,(H,26,27)(H,30,31)/t24-/m0/s1. The van der Waals surface area contributed by atoms with Crippen LogP contribution in [0.25, 0.3) is 22.2 Å². The molecule has 2 aromatic heterocycles. The van der Waals surface area contributed by atoms with Crippen LogP contribution in [0.4, 0.5) is 5.69 Å². The summed E-state index contributed by atoms with van der Waals surface area (Å²) >= 11 is 0. The lowest BCUT2D eigenvalue weighted by Crippen LogP contribution is -2.38. The van der Waals surface area contributed by atoms with Crippen molar-refractivity contribution in [2.75, 3.05) is 31.1 Å². The van der Waals surface area contributed by atoms with Gasteiger partial charge in [0.25, 0.3) is 0 Å². The van der Waals surface area contributed by atoms with Gasteiger partial charge in [0.15, 0.2) is 0 Å². The second-order valence-corrected chi connectivity index (χ2v) is 9.20. The van der Waals surface area contributed by atoms with Crippen LogP contribution in [-0.4, -0.2) is 69.3 Å². The third-order valence-corrected chi connectivity index (χ3v) is 6.53. The second kappa shape index (κ2) is 8.15. The van der Waals surface area contributed by atoms with Crippen molar-refractivity contribution in [1.29, 1.82) is 0 Å². The molecule has 0 radical (unpaired) electrons. The Morgan fingerprint density at radius 1 is 1.24 bits per heavy atom. The SMILES string of the molecule is CC(C)Oc1ccc(-c2n[nH]c3ccc(N4CC[C@]5(CCN(CC(=O)O)C5)C4=O)cc23)cn1. The zero-order chi connectivity index (χ0) is 23.2. The van der Waals surface area contributed by atoms with E-state index < -0.39 is 11.4 Å². The molecule has 2 aliphatic heterocycles. The fraction of sp³-hybridized carbons (Fsp3) is 0.417. The fourth-order valence-corrected chi connectivity index (χ4v) is 4.95. The van der Waals surface area contributed by atoms with E-state index in [2.05, 4.69) is 15.2 Å². The molecule has 0 unspecified atom stereocenters. The molecule has 1 spiro atoms. The van der Waals surface area contributed by atoms with Crippen molar-refractivity contribution in [3.8, 4) is 17.1 Å². The van der Waals surface area contributed by atoms with Crippen molar-refractivity contribution in [1.82, 2.24) is 20.1 Å². The number of amides is 1. The maximum Gasteiger partial charge on any atom is 0.317 e. The van der Waals surface area contributed by atoms with E-state index in [0.717, 1.165) is 34.3 Å². The predicted molar refractivity (Wildman–Crippen MR) is 123 cm³/mol. The Balaban J connectivity index is 1.40. The Kier molecular flexibility index (Phi) is 5.28. The number of aromatic nitrogens is 3. The molecule has 2 saturated heterocycles. The summed E-state index contributed by atoms with van der Waals surface area (Å²) < 4.78 is 5.63. The highest BCUT2D eigenvalue weighted by molar-refractivity contribution is 6.03. The molecule has 9 heteroatoms. The van der Waals surface area contributed by atoms with Gasteiger partial charge in [0.1, 0.15) is 5.69 Å². The monoisotopic (exact) mass is 449 g/mol. The maximum absolute atomic E-state index is 13.4. The van der Waals surface area contributed by atoms with E-state index in [1.165, 1.54) is 0 Å². The van der Waals surface area contributed by atoms with Crippen LogP contribution in [0, 0.1) is 5.41 Å². The molecule has 2 aliphatic rings. The first kappa shape index (κ1) is 21.4. The Labute approximate surface area is 191 Å². The number of carbonyl (C=O) groups excluding carboxylic acids is 1. The van der Waals surface area contributed by atoms with Crippen LogP contribution in [0.1, 0.15) is 26.7 Å². The lowest BCUT2D eigenvalue weighted by molar-refractivity contribution is -0.138. The summed E-state index contributed by atoms with van der Waals surface area (Å²) in [5.74, 6) is -0.210. The molecule has 172 valence electrons. The summed E-state index contributed by atoms with van der Waals surface area (Å²) in [6.45, 7) is 5.66. The molecule has 1 aromatic carbocycles. The molecule has 1 atom stereocenters. The van der Waals surface area contributed by atoms with E-state index in [0.29, 0.717) is 31.9 Å². The fourth-order valence-electron chi connectivity index (χ4n) is 4.95. The number of carboxylic acids is 1. The van der Waals surface area contributed by atoms with Crippen molar-refractivity contribution in [3.05, 3.63) is 36.5 Å². The number of rotatable bonds is 6. The third-order valence-electron chi connectivity index (χ3n) is 6.53. The molecule has 4 heterocycles. The number of benzene rings is 1. The number of anilines is 1. The van der Waals surface area contributed by atoms with Gasteiger partial charge in [-0.25, -0.2) is 4.98 Å². The number of ether oxygens (including phenoxy) is 1. The molecular weight excluding hydrogens is 422 g/mol. The van der Waals surface area contributed by atoms with Gasteiger partial charge < -0.3 is 14.7 Å². The van der Waals surface area contributed by atoms with Crippen LogP contribution in [0.15, 0.2) is 36.5 Å². The van der Waals surface area contributed by atoms with Gasteiger partial charge in [-0.2, -0.15) is 5.10 Å². The van der Waals surface area contributed by atoms with Gasteiger partial charge in [-0.05, 0) is 57.5 Å². The normalized spacial score (nSPS) is 21.1. The topological polar surface area (TPSA) is 112 Å². The van der Waals surface area contributed by atoms with E-state index in [1.807, 2.05) is 54.0 Å². The first-order chi connectivity index (χ1) is 15.8. The van der Waals surface area contributed by atoms with E-state index in [9.17, 15) is 9.59 Å². The maximum atomic E-state index is 13.4. The number of nitrogens with one attached hydrogen (secondary N) is 1. The summed E-state index contributed by atoms with van der Waals surface area (Å²) in [5.41, 5.74) is 2.85. The number of pyridine rings is 1. The van der Waals surface area contributed by atoms with Crippen molar-refractivity contribution >= 4 is 28.5 Å². The van der Waals surface area contributed by atoms with Crippen LogP contribution in [0.2, 0.25) is 0 Å². The third kappa shape index (κ3) is 3.93. The zero-order valence-corrected chi connectivity index (χ0v) is 18.7. The summed E-state index contributed by atoms with van der Waals surface area (Å²) in [4.78, 5) is 32.6. The summed E-state index contributed by atoms with van der Waals surface area (Å²) in [7, 11) is 0. The minimum atomic E-state index is -0.856. The number of hydrogen-bond donors (Lipinski definition) is 2. The minimum absolute atomic E-state index is 0.0194. The molecular formula is C24H27N5O4. The van der Waals surface area contributed by atoms with E-state index in [1.54, 1.807) is 6.20 Å². The predicted octanol–water partition coefficient (Wildman–Crippen LogP) is 2.93. The van der Waals surface area contributed by atoms with Crippen molar-refractivity contribution in [3.63, 3.8) is 0 Å². The van der Waals surface area contributed by atoms with Crippen LogP contribution in [-0.2, 0) is 9.59 Å². The number of likely N-dealkylation sites (tertiary alicyclic amines) is 1. The molecule has 5 rings (SSSR count). The number of H-pyrrole nitrogens is 1. The largest absolute Gasteiger partial charge is 0.480 e. The molecule has 0 aliphatic carbocycles. The Hall–Kier alpha value is -3.46. The molecule has 3 aromatic rings. The van der Waals surface area contributed by atoms with Gasteiger partial charge in [0, 0.05) is 42.0 Å². The number of hydrogen-bond acceptors (Lipinski definition) is 6. The highest BCUT2D eigenvalue weighted by Gasteiger charge is 2.51. The lowest BCUT2D eigenvalue weighted by Gasteiger charge is -2.23. The highest BCUT2D eigenvalue weighted by atomic mass is 16.5. The molecule has 9 nitrogen and oxygen atoms in total. The molecule has 0 bridgehead atoms. The Bertz CT molecular complexity index is 1210. The van der Waals surface area contributed by atoms with Crippen LogP contribution in [0.3, 0.4) is 0 Å². The molecule has 2 N–H and O–H groups in total. The van der Waals surface area contributed by atoms with Crippen molar-refractivity contribution < 1.29 is 19.4 Å².